The van der Waals surface area contributed by atoms with Gasteiger partial charge in [0.15, 0.2) is 5.13 Å². The lowest BCUT2D eigenvalue weighted by Gasteiger charge is -2.13. The fraction of sp³-hybridized carbons (Fsp3) is 0.538. The zero-order chi connectivity index (χ0) is 14.4. The van der Waals surface area contributed by atoms with Crippen LogP contribution in [-0.2, 0) is 17.8 Å². The Morgan fingerprint density at radius 2 is 2.05 bits per heavy atom. The van der Waals surface area contributed by atoms with Gasteiger partial charge in [-0.15, -0.1) is 22.7 Å². The first kappa shape index (κ1) is 15.4. The van der Waals surface area contributed by atoms with Crippen molar-refractivity contribution in [2.45, 2.75) is 20.0 Å². The molecule has 0 saturated heterocycles. The minimum absolute atomic E-state index is 0.722. The summed E-state index contributed by atoms with van der Waals surface area (Å²) in [6, 6.07) is 0. The Morgan fingerprint density at radius 1 is 1.25 bits per heavy atom. The van der Waals surface area contributed by atoms with Gasteiger partial charge in [-0.3, -0.25) is 0 Å². The molecule has 0 aliphatic heterocycles. The van der Waals surface area contributed by atoms with Crippen LogP contribution in [0.15, 0.2) is 10.8 Å². The van der Waals surface area contributed by atoms with Crippen LogP contribution in [-0.4, -0.2) is 37.3 Å². The van der Waals surface area contributed by atoms with Crippen LogP contribution in [0.4, 0.5) is 5.13 Å². The Kier molecular flexibility index (Phi) is 5.90. The molecular formula is C13H20N4OS2. The maximum atomic E-state index is 5.00. The number of hydrogen-bond acceptors (Lipinski definition) is 7. The first-order valence-electron chi connectivity index (χ1n) is 6.45. The van der Waals surface area contributed by atoms with Gasteiger partial charge >= 0.3 is 0 Å². The average molecular weight is 312 g/mol. The van der Waals surface area contributed by atoms with Gasteiger partial charge in [-0.2, -0.15) is 0 Å². The van der Waals surface area contributed by atoms with Gasteiger partial charge in [0.25, 0.3) is 0 Å². The number of rotatable bonds is 8. The maximum Gasteiger partial charge on any atom is 0.185 e. The highest BCUT2D eigenvalue weighted by Gasteiger charge is 2.09. The van der Waals surface area contributed by atoms with E-state index in [0.717, 1.165) is 47.8 Å². The zero-order valence-electron chi connectivity index (χ0n) is 12.0. The Hall–Kier alpha value is -1.02. The molecule has 0 aromatic carbocycles. The van der Waals surface area contributed by atoms with E-state index in [4.69, 9.17) is 4.74 Å². The summed E-state index contributed by atoms with van der Waals surface area (Å²) in [5, 5.41) is 9.63. The van der Waals surface area contributed by atoms with Crippen LogP contribution in [0.2, 0.25) is 0 Å². The highest BCUT2D eigenvalue weighted by Crippen LogP contribution is 2.21. The first-order valence-corrected chi connectivity index (χ1v) is 8.21. The van der Waals surface area contributed by atoms with Gasteiger partial charge in [0.2, 0.25) is 0 Å². The number of hydrogen-bond donors (Lipinski definition) is 1. The topological polar surface area (TPSA) is 50.3 Å². The van der Waals surface area contributed by atoms with Crippen LogP contribution in [0.1, 0.15) is 16.4 Å². The number of aromatic nitrogens is 2. The van der Waals surface area contributed by atoms with Crippen LogP contribution in [0, 0.1) is 6.92 Å². The Balaban J connectivity index is 1.84. The third-order valence-electron chi connectivity index (χ3n) is 2.72. The molecule has 0 radical (unpaired) electrons. The van der Waals surface area contributed by atoms with Crippen LogP contribution >= 0.6 is 22.7 Å². The summed E-state index contributed by atoms with van der Waals surface area (Å²) in [6.45, 7) is 5.18. The lowest BCUT2D eigenvalue weighted by Crippen LogP contribution is -2.19. The number of anilines is 1. The summed E-state index contributed by atoms with van der Waals surface area (Å²) in [5.74, 6) is 0. The van der Waals surface area contributed by atoms with Gasteiger partial charge in [-0.05, 0) is 6.92 Å². The highest BCUT2D eigenvalue weighted by atomic mass is 32.1. The lowest BCUT2D eigenvalue weighted by atomic mass is 10.4. The van der Waals surface area contributed by atoms with Crippen molar-refractivity contribution in [1.82, 2.24) is 15.3 Å². The quantitative estimate of drug-likeness (QED) is 0.758. The van der Waals surface area contributed by atoms with Crippen molar-refractivity contribution in [3.8, 4) is 0 Å². The first-order chi connectivity index (χ1) is 9.69. The number of aryl methyl sites for hydroxylation is 1. The molecule has 0 amide bonds. The second kappa shape index (κ2) is 7.68. The normalized spacial score (nSPS) is 10.9. The summed E-state index contributed by atoms with van der Waals surface area (Å²) in [7, 11) is 3.76. The maximum absolute atomic E-state index is 5.00. The Labute approximate surface area is 127 Å². The molecule has 0 spiro atoms. The number of ether oxygens (including phenoxy) is 1. The molecule has 110 valence electrons. The van der Waals surface area contributed by atoms with Crippen LogP contribution in [0.5, 0.6) is 0 Å². The van der Waals surface area contributed by atoms with E-state index in [-0.39, 0.29) is 0 Å². The molecule has 0 aliphatic rings. The van der Waals surface area contributed by atoms with E-state index in [1.165, 1.54) is 0 Å². The largest absolute Gasteiger partial charge is 0.383 e. The van der Waals surface area contributed by atoms with Crippen molar-refractivity contribution in [1.29, 1.82) is 0 Å². The van der Waals surface area contributed by atoms with Crippen molar-refractivity contribution in [2.75, 3.05) is 32.2 Å². The van der Waals surface area contributed by atoms with Gasteiger partial charge in [0.1, 0.15) is 0 Å². The minimum Gasteiger partial charge on any atom is -0.383 e. The second-order valence-corrected chi connectivity index (χ2v) is 6.40. The molecule has 5 nitrogen and oxygen atoms in total. The summed E-state index contributed by atoms with van der Waals surface area (Å²) in [4.78, 5) is 11.2. The van der Waals surface area contributed by atoms with Crippen molar-refractivity contribution >= 4 is 27.8 Å². The average Bonchev–Trinajstić information content (AvgIpc) is 3.04. The van der Waals surface area contributed by atoms with Crippen molar-refractivity contribution < 1.29 is 4.74 Å². The molecule has 0 aliphatic carbocycles. The lowest BCUT2D eigenvalue weighted by molar-refractivity contribution is 0.199. The van der Waals surface area contributed by atoms with Gasteiger partial charge < -0.3 is 15.0 Å². The predicted octanol–water partition coefficient (Wildman–Crippen LogP) is 2.28. The van der Waals surface area contributed by atoms with E-state index in [9.17, 15) is 0 Å². The van der Waals surface area contributed by atoms with E-state index >= 15 is 0 Å². The molecule has 0 fully saturated rings. The molecule has 0 atom stereocenters. The van der Waals surface area contributed by atoms with Gasteiger partial charge in [-0.25, -0.2) is 9.97 Å². The molecule has 2 aromatic heterocycles. The Bertz CT molecular complexity index is 526. The minimum atomic E-state index is 0.722. The molecule has 1 N–H and O–H groups in total. The second-order valence-electron chi connectivity index (χ2n) is 4.50. The van der Waals surface area contributed by atoms with Gasteiger partial charge in [0.05, 0.1) is 29.5 Å². The smallest absolute Gasteiger partial charge is 0.185 e. The fourth-order valence-corrected chi connectivity index (χ4v) is 3.13. The molecule has 2 aromatic rings. The standard InChI is InChI=1S/C13H20N4OS2/c1-10-15-12(9-19-10)7-17(2)13-16-11(8-20-13)6-14-4-5-18-3/h8-9,14H,4-7H2,1-3H3. The molecule has 0 bridgehead atoms. The summed E-state index contributed by atoms with van der Waals surface area (Å²) in [6.07, 6.45) is 0. The van der Waals surface area contributed by atoms with Crippen molar-refractivity contribution in [3.05, 3.63) is 27.2 Å². The number of methoxy groups -OCH3 is 1. The SMILES string of the molecule is COCCNCc1csc(N(C)Cc2csc(C)n2)n1. The van der Waals surface area contributed by atoms with Crippen LogP contribution in [0.25, 0.3) is 0 Å². The highest BCUT2D eigenvalue weighted by molar-refractivity contribution is 7.13. The van der Waals surface area contributed by atoms with Crippen molar-refractivity contribution in [3.63, 3.8) is 0 Å². The van der Waals surface area contributed by atoms with E-state index in [0.29, 0.717) is 0 Å². The molecule has 20 heavy (non-hydrogen) atoms. The molecule has 7 heteroatoms. The number of thiazole rings is 2. The zero-order valence-corrected chi connectivity index (χ0v) is 13.7. The summed E-state index contributed by atoms with van der Waals surface area (Å²) in [5.41, 5.74) is 2.17. The monoisotopic (exact) mass is 312 g/mol. The third kappa shape index (κ3) is 4.52. The molecule has 2 rings (SSSR count). The van der Waals surface area contributed by atoms with E-state index < -0.39 is 0 Å². The number of nitrogens with zero attached hydrogens (tertiary/aromatic N) is 3. The van der Waals surface area contributed by atoms with Crippen LogP contribution in [0.3, 0.4) is 0 Å². The fourth-order valence-electron chi connectivity index (χ4n) is 1.73. The molecule has 0 unspecified atom stereocenters. The van der Waals surface area contributed by atoms with Gasteiger partial charge in [-0.1, -0.05) is 0 Å². The molecular weight excluding hydrogens is 292 g/mol. The summed E-state index contributed by atoms with van der Waals surface area (Å²) >= 11 is 3.35. The van der Waals surface area contributed by atoms with E-state index in [1.54, 1.807) is 29.8 Å². The van der Waals surface area contributed by atoms with Gasteiger partial charge in [0, 0.05) is 38.0 Å². The van der Waals surface area contributed by atoms with E-state index in [1.807, 2.05) is 6.92 Å². The predicted molar refractivity (Wildman–Crippen MR) is 84.7 cm³/mol. The van der Waals surface area contributed by atoms with E-state index in [2.05, 4.69) is 38.0 Å². The van der Waals surface area contributed by atoms with Crippen LogP contribution < -0.4 is 10.2 Å². The third-order valence-corrected chi connectivity index (χ3v) is 4.55. The Morgan fingerprint density at radius 3 is 2.75 bits per heavy atom. The van der Waals surface area contributed by atoms with Crippen molar-refractivity contribution in [2.24, 2.45) is 0 Å². The summed E-state index contributed by atoms with van der Waals surface area (Å²) < 4.78 is 5.00. The molecule has 0 saturated carbocycles. The number of nitrogens with one attached hydrogen (secondary N) is 1. The molecule has 2 heterocycles.